The van der Waals surface area contributed by atoms with Crippen LogP contribution in [0.1, 0.15) is 59.2 Å². The van der Waals surface area contributed by atoms with Crippen LogP contribution in [-0.4, -0.2) is 107 Å². The Hall–Kier alpha value is -6.80. The summed E-state index contributed by atoms with van der Waals surface area (Å²) in [6.45, 7) is 6.52. The number of hydrazine groups is 1. The number of nitrogens with zero attached hydrogens (tertiary/aromatic N) is 5. The number of para-hydroxylation sites is 2. The summed E-state index contributed by atoms with van der Waals surface area (Å²) in [5.74, 6) is 0.140. The Labute approximate surface area is 399 Å². The number of rotatable bonds is 17. The molecule has 2 aromatic heterocycles. The number of thiocarbonyl (C=S) groups is 1. The molecule has 5 rings (SSSR count). The summed E-state index contributed by atoms with van der Waals surface area (Å²) in [6.07, 6.45) is 4.35. The topological polar surface area (TPSA) is 265 Å². The van der Waals surface area contributed by atoms with Crippen molar-refractivity contribution in [1.82, 2.24) is 35.5 Å². The summed E-state index contributed by atoms with van der Waals surface area (Å²) in [6, 6.07) is 15.0. The van der Waals surface area contributed by atoms with Crippen molar-refractivity contribution in [3.05, 3.63) is 120 Å². The molecule has 0 spiro atoms. The maximum absolute atomic E-state index is 13.6. The average Bonchev–Trinajstić information content (AvgIpc) is 3.32. The van der Waals surface area contributed by atoms with Gasteiger partial charge in [-0.05, 0) is 93.5 Å². The molecule has 0 saturated heterocycles. The highest BCUT2D eigenvalue weighted by Gasteiger charge is 2.35. The van der Waals surface area contributed by atoms with Crippen molar-refractivity contribution in [3.8, 4) is 23.0 Å². The Morgan fingerprint density at radius 3 is 1.50 bits per heavy atom. The third-order valence-corrected chi connectivity index (χ3v) is 13.3. The summed E-state index contributed by atoms with van der Waals surface area (Å²) < 4.78 is 104. The van der Waals surface area contributed by atoms with E-state index in [4.69, 9.17) is 40.6 Å². The van der Waals surface area contributed by atoms with Crippen molar-refractivity contribution in [2.45, 2.75) is 50.4 Å². The number of carbonyl (C=O) groups excluding carboxylic acids is 1. The van der Waals surface area contributed by atoms with Crippen molar-refractivity contribution in [2.75, 3.05) is 53.3 Å². The summed E-state index contributed by atoms with van der Waals surface area (Å²) in [5.41, 5.74) is 7.04. The van der Waals surface area contributed by atoms with Crippen LogP contribution in [0.4, 0.5) is 15.8 Å². The predicted octanol–water partition coefficient (Wildman–Crippen LogP) is 4.94. The normalized spacial score (nSPS) is 13.2. The molecule has 0 aliphatic carbocycles. The van der Waals surface area contributed by atoms with Crippen molar-refractivity contribution in [1.29, 1.82) is 0 Å². The van der Waals surface area contributed by atoms with Crippen LogP contribution >= 0.6 is 12.2 Å². The Morgan fingerprint density at radius 1 is 0.647 bits per heavy atom. The third kappa shape index (κ3) is 14.4. The zero-order valence-electron chi connectivity index (χ0n) is 38.7. The number of aromatic nitrogens is 4. The minimum Gasteiger partial charge on any atom is -0.494 e. The van der Waals surface area contributed by atoms with Gasteiger partial charge < -0.3 is 39.1 Å². The molecule has 0 saturated carbocycles. The number of hydrogen-bond acceptors (Lipinski definition) is 16. The molecule has 1 amide bonds. The summed E-state index contributed by atoms with van der Waals surface area (Å²) in [7, 11) is 0.266. The van der Waals surface area contributed by atoms with Gasteiger partial charge in [0.1, 0.15) is 62.9 Å². The minimum absolute atomic E-state index is 0.0103. The Morgan fingerprint density at radius 2 is 1.07 bits per heavy atom. The molecular formula is C43H53FN10O11S3. The van der Waals surface area contributed by atoms with E-state index >= 15 is 0 Å². The van der Waals surface area contributed by atoms with Gasteiger partial charge in [-0.1, -0.05) is 18.2 Å². The van der Waals surface area contributed by atoms with E-state index in [1.807, 2.05) is 6.92 Å². The second-order valence-electron chi connectivity index (χ2n) is 14.3. The molecule has 5 aromatic rings. The number of guanidine groups is 1. The molecule has 0 bridgehead atoms. The number of sulfonamides is 2. The van der Waals surface area contributed by atoms with Gasteiger partial charge in [-0.15, -0.1) is 4.40 Å². The van der Waals surface area contributed by atoms with E-state index in [0.717, 1.165) is 17.2 Å². The number of amides is 1. The van der Waals surface area contributed by atoms with Gasteiger partial charge in [0.25, 0.3) is 15.9 Å². The van der Waals surface area contributed by atoms with E-state index in [1.165, 1.54) is 74.7 Å². The Bertz CT molecular complexity index is 2710. The Balaban J connectivity index is 0.000000310. The van der Waals surface area contributed by atoms with E-state index in [0.29, 0.717) is 28.7 Å². The van der Waals surface area contributed by atoms with Crippen molar-refractivity contribution in [2.24, 2.45) is 4.40 Å². The van der Waals surface area contributed by atoms with Gasteiger partial charge in [0.05, 0.1) is 28.4 Å². The van der Waals surface area contributed by atoms with Crippen LogP contribution < -0.4 is 45.2 Å². The van der Waals surface area contributed by atoms with Gasteiger partial charge in [0.2, 0.25) is 16.0 Å². The van der Waals surface area contributed by atoms with Gasteiger partial charge in [0, 0.05) is 44.6 Å². The van der Waals surface area contributed by atoms with E-state index in [-0.39, 0.29) is 28.0 Å². The number of carbonyl (C=O) groups is 1. The molecule has 2 heterocycles. The van der Waals surface area contributed by atoms with Crippen LogP contribution in [0, 0.1) is 19.7 Å². The lowest BCUT2D eigenvalue weighted by Gasteiger charge is -2.23. The molecule has 0 aliphatic heterocycles. The first kappa shape index (κ1) is 53.8. The van der Waals surface area contributed by atoms with Crippen molar-refractivity contribution in [3.63, 3.8) is 0 Å². The second kappa shape index (κ2) is 24.8. The first-order valence-corrected chi connectivity index (χ1v) is 23.6. The molecule has 0 fully saturated rings. The molecule has 5 N–H and O–H groups in total. The van der Waals surface area contributed by atoms with E-state index in [9.17, 15) is 26.0 Å². The van der Waals surface area contributed by atoms with Gasteiger partial charge in [-0.2, -0.15) is 0 Å². The first-order valence-electron chi connectivity index (χ1n) is 20.1. The zero-order valence-corrected chi connectivity index (χ0v) is 41.2. The molecule has 0 aliphatic rings. The minimum atomic E-state index is -4.34. The van der Waals surface area contributed by atoms with Gasteiger partial charge >= 0.3 is 0 Å². The maximum atomic E-state index is 13.6. The molecule has 68 heavy (non-hydrogen) atoms. The summed E-state index contributed by atoms with van der Waals surface area (Å²) >= 11 is 5.19. The lowest BCUT2D eigenvalue weighted by molar-refractivity contribution is 0.0940. The van der Waals surface area contributed by atoms with E-state index in [2.05, 4.69) is 50.5 Å². The molecule has 366 valence electrons. The summed E-state index contributed by atoms with van der Waals surface area (Å²) in [5, 5.41) is 3.21. The van der Waals surface area contributed by atoms with Gasteiger partial charge in [-0.3, -0.25) is 20.4 Å². The fraction of sp³-hybridized carbons (Fsp3) is 0.326. The number of nitrogens with one attached hydrogen (secondary N) is 5. The van der Waals surface area contributed by atoms with Crippen molar-refractivity contribution < 1.29 is 54.4 Å². The number of ether oxygens (including phenoxy) is 6. The van der Waals surface area contributed by atoms with Gasteiger partial charge in [-0.25, -0.2) is 41.2 Å². The lowest BCUT2D eigenvalue weighted by atomic mass is 10.2. The fourth-order valence-corrected chi connectivity index (χ4v) is 8.53. The highest BCUT2D eigenvalue weighted by Crippen LogP contribution is 2.35. The number of benzene rings is 3. The number of halogens is 1. The molecule has 0 unspecified atom stereocenters. The molecular weight excluding hydrogens is 948 g/mol. The standard InChI is InChI=1S/C25H29FN6O6S.C18H24N4O5S2/c1-15-13-27-23(28-14-15)22(38-5)16(2)39(34,35)32-25(29-21-19(36-3)10-7-11-20(21)37-4)31-30-24(33)17-8-6-9-18(26)12-17;1-11-9-19-17(20-10-11)16(27-5)12(2)29(23,24)22-18(28)21-15-13(25-3)7-6-8-14(15)26-4/h6-14,16,22H,1-5H3,(H,30,33)(H2,29,31,32);6-10,12,16H,1-5H3,(H2,21,22,28)/t16-,22-;12-,16-/m00/s1. The average molecular weight is 1000 g/mol. The third-order valence-electron chi connectivity index (χ3n) is 9.60. The zero-order chi connectivity index (χ0) is 50.2. The number of hydrogen-bond donors (Lipinski definition) is 5. The molecule has 21 nitrogen and oxygen atoms in total. The van der Waals surface area contributed by atoms with Crippen LogP contribution in [0.5, 0.6) is 23.0 Å². The van der Waals surface area contributed by atoms with Crippen LogP contribution in [0.15, 0.2) is 89.8 Å². The highest BCUT2D eigenvalue weighted by atomic mass is 32.2. The largest absolute Gasteiger partial charge is 0.494 e. The predicted molar refractivity (Wildman–Crippen MR) is 256 cm³/mol. The molecule has 3 aromatic carbocycles. The SMILES string of the molecule is COc1cccc(OC)c1NC(=NS(=O)(=O)[C@@H](C)[C@H](OC)c1ncc(C)cn1)NNC(=O)c1cccc(F)c1.COc1cccc(OC)c1NC(=S)NS(=O)(=O)[C@@H](C)[C@H](OC)c1ncc(C)cn1. The number of methoxy groups -OCH3 is 6. The van der Waals surface area contributed by atoms with Crippen molar-refractivity contribution >= 4 is 60.6 Å². The fourth-order valence-electron chi connectivity index (χ4n) is 5.97. The van der Waals surface area contributed by atoms with Crippen LogP contribution in [0.3, 0.4) is 0 Å². The molecule has 0 radical (unpaired) electrons. The quantitative estimate of drug-likeness (QED) is 0.0357. The Kier molecular flexibility index (Phi) is 19.6. The molecule has 25 heteroatoms. The second-order valence-corrected chi connectivity index (χ2v) is 18.7. The van der Waals surface area contributed by atoms with Crippen LogP contribution in [0.25, 0.3) is 0 Å². The smallest absolute Gasteiger partial charge is 0.269 e. The highest BCUT2D eigenvalue weighted by molar-refractivity contribution is 7.92. The van der Waals surface area contributed by atoms with E-state index < -0.39 is 60.4 Å². The monoisotopic (exact) mass is 1000 g/mol. The molecule has 4 atom stereocenters. The van der Waals surface area contributed by atoms with E-state index in [1.54, 1.807) is 68.1 Å². The number of aryl methyl sites for hydroxylation is 2. The van der Waals surface area contributed by atoms with Crippen LogP contribution in [-0.2, 0) is 29.5 Å². The first-order chi connectivity index (χ1) is 32.3. The van der Waals surface area contributed by atoms with Crippen LogP contribution in [0.2, 0.25) is 0 Å². The lowest BCUT2D eigenvalue weighted by Crippen LogP contribution is -2.46. The van der Waals surface area contributed by atoms with Gasteiger partial charge in [0.15, 0.2) is 16.8 Å². The maximum Gasteiger partial charge on any atom is 0.269 e. The summed E-state index contributed by atoms with van der Waals surface area (Å²) in [4.78, 5) is 29.3. The number of anilines is 2.